The summed E-state index contributed by atoms with van der Waals surface area (Å²) in [7, 11) is 0. The Kier molecular flexibility index (Phi) is 5.88. The van der Waals surface area contributed by atoms with E-state index in [9.17, 15) is 0 Å². The highest BCUT2D eigenvalue weighted by Crippen LogP contribution is 2.07. The van der Waals surface area contributed by atoms with Crippen LogP contribution in [0.15, 0.2) is 12.7 Å². The second kappa shape index (κ2) is 7.02. The van der Waals surface area contributed by atoms with Crippen LogP contribution in [0.2, 0.25) is 0 Å². The van der Waals surface area contributed by atoms with E-state index in [1.807, 2.05) is 6.08 Å². The summed E-state index contributed by atoms with van der Waals surface area (Å²) in [4.78, 5) is 2.56. The second-order valence-electron chi connectivity index (χ2n) is 4.29. The topological polar surface area (TPSA) is 15.3 Å². The van der Waals surface area contributed by atoms with Crippen molar-refractivity contribution in [2.24, 2.45) is 0 Å². The summed E-state index contributed by atoms with van der Waals surface area (Å²) < 4.78 is 0. The molecule has 0 aromatic rings. The first-order chi connectivity index (χ1) is 6.83. The molecular formula is C12H24N2. The zero-order chi connectivity index (χ0) is 10.2. The van der Waals surface area contributed by atoms with Crippen LogP contribution >= 0.6 is 0 Å². The Morgan fingerprint density at radius 3 is 2.79 bits per heavy atom. The van der Waals surface area contributed by atoms with Gasteiger partial charge >= 0.3 is 0 Å². The number of rotatable bonds is 7. The summed E-state index contributed by atoms with van der Waals surface area (Å²) in [5.74, 6) is 0. The lowest BCUT2D eigenvalue weighted by Crippen LogP contribution is -2.38. The highest BCUT2D eigenvalue weighted by atomic mass is 15.2. The maximum Gasteiger partial charge on any atom is 0.0166 e. The van der Waals surface area contributed by atoms with Crippen molar-refractivity contribution in [2.75, 3.05) is 26.2 Å². The number of nitrogens with zero attached hydrogens (tertiary/aromatic N) is 1. The van der Waals surface area contributed by atoms with Gasteiger partial charge in [-0.05, 0) is 52.2 Å². The van der Waals surface area contributed by atoms with Crippen LogP contribution in [0.4, 0.5) is 0 Å². The smallest absolute Gasteiger partial charge is 0.0166 e. The molecule has 1 rings (SSSR count). The first kappa shape index (κ1) is 11.7. The molecule has 14 heavy (non-hydrogen) atoms. The highest BCUT2D eigenvalue weighted by Gasteiger charge is 2.13. The molecular weight excluding hydrogens is 172 g/mol. The normalized spacial score (nSPS) is 19.8. The van der Waals surface area contributed by atoms with Crippen LogP contribution in [0.25, 0.3) is 0 Å². The molecule has 1 N–H and O–H groups in total. The van der Waals surface area contributed by atoms with Gasteiger partial charge in [-0.2, -0.15) is 0 Å². The fraction of sp³-hybridized carbons (Fsp3) is 0.833. The van der Waals surface area contributed by atoms with E-state index >= 15 is 0 Å². The lowest BCUT2D eigenvalue weighted by molar-refractivity contribution is 0.299. The van der Waals surface area contributed by atoms with Crippen molar-refractivity contribution >= 4 is 0 Å². The molecule has 0 aromatic heterocycles. The summed E-state index contributed by atoms with van der Waals surface area (Å²) >= 11 is 0. The van der Waals surface area contributed by atoms with Crippen LogP contribution < -0.4 is 5.32 Å². The van der Waals surface area contributed by atoms with E-state index in [0.29, 0.717) is 6.04 Å². The minimum absolute atomic E-state index is 0.637. The molecule has 1 heterocycles. The molecule has 0 saturated carbocycles. The third-order valence-electron chi connectivity index (χ3n) is 2.81. The summed E-state index contributed by atoms with van der Waals surface area (Å²) in [5.41, 5.74) is 0. The van der Waals surface area contributed by atoms with Gasteiger partial charge in [0.1, 0.15) is 0 Å². The first-order valence-corrected chi connectivity index (χ1v) is 5.89. The van der Waals surface area contributed by atoms with E-state index in [2.05, 4.69) is 23.7 Å². The van der Waals surface area contributed by atoms with Crippen molar-refractivity contribution < 1.29 is 0 Å². The quantitative estimate of drug-likeness (QED) is 0.495. The molecule has 1 unspecified atom stereocenters. The molecule has 0 amide bonds. The van der Waals surface area contributed by atoms with Gasteiger partial charge in [0.15, 0.2) is 0 Å². The number of unbranched alkanes of at least 4 members (excludes halogenated alkanes) is 1. The number of hydrogen-bond acceptors (Lipinski definition) is 2. The summed E-state index contributed by atoms with van der Waals surface area (Å²) in [6, 6.07) is 0.637. The number of allylic oxidation sites excluding steroid dienone is 1. The van der Waals surface area contributed by atoms with Gasteiger partial charge < -0.3 is 10.2 Å². The van der Waals surface area contributed by atoms with Gasteiger partial charge in [0, 0.05) is 12.6 Å². The molecule has 1 saturated heterocycles. The molecule has 82 valence electrons. The summed E-state index contributed by atoms with van der Waals surface area (Å²) in [5, 5.41) is 3.55. The zero-order valence-electron chi connectivity index (χ0n) is 9.47. The van der Waals surface area contributed by atoms with E-state index in [1.165, 1.54) is 38.9 Å². The Balaban J connectivity index is 1.97. The Hall–Kier alpha value is -0.340. The second-order valence-corrected chi connectivity index (χ2v) is 4.29. The lowest BCUT2D eigenvalue weighted by atomic mass is 10.2. The molecule has 0 aromatic carbocycles. The Morgan fingerprint density at radius 1 is 1.43 bits per heavy atom. The Labute approximate surface area is 88.4 Å². The summed E-state index contributed by atoms with van der Waals surface area (Å²) in [6.07, 6.45) is 7.12. The molecule has 0 aliphatic carbocycles. The van der Waals surface area contributed by atoms with Crippen molar-refractivity contribution in [3.05, 3.63) is 12.7 Å². The first-order valence-electron chi connectivity index (χ1n) is 5.89. The molecule has 0 radical (unpaired) electrons. The Morgan fingerprint density at radius 2 is 2.14 bits per heavy atom. The van der Waals surface area contributed by atoms with Crippen LogP contribution in [0.5, 0.6) is 0 Å². The van der Waals surface area contributed by atoms with Crippen LogP contribution in [0.1, 0.15) is 32.6 Å². The van der Waals surface area contributed by atoms with Gasteiger partial charge in [0.05, 0.1) is 0 Å². The fourth-order valence-electron chi connectivity index (χ4n) is 2.01. The maximum atomic E-state index is 3.72. The van der Waals surface area contributed by atoms with E-state index in [-0.39, 0.29) is 0 Å². The van der Waals surface area contributed by atoms with Gasteiger partial charge in [0.25, 0.3) is 0 Å². The standard InChI is InChI=1S/C12H24N2/c1-3-4-5-8-13-12(2)11-14-9-6-7-10-14/h3,12-13H,1,4-11H2,2H3. The van der Waals surface area contributed by atoms with Crippen molar-refractivity contribution in [3.63, 3.8) is 0 Å². The lowest BCUT2D eigenvalue weighted by Gasteiger charge is -2.21. The van der Waals surface area contributed by atoms with Gasteiger partial charge in [-0.15, -0.1) is 6.58 Å². The predicted molar refractivity (Wildman–Crippen MR) is 62.6 cm³/mol. The third-order valence-corrected chi connectivity index (χ3v) is 2.81. The molecule has 0 spiro atoms. The van der Waals surface area contributed by atoms with Crippen LogP contribution in [-0.4, -0.2) is 37.1 Å². The average molecular weight is 196 g/mol. The third kappa shape index (κ3) is 4.77. The van der Waals surface area contributed by atoms with Crippen molar-refractivity contribution in [2.45, 2.75) is 38.6 Å². The SMILES string of the molecule is C=CCCCNC(C)CN1CCCC1. The fourth-order valence-corrected chi connectivity index (χ4v) is 2.01. The number of likely N-dealkylation sites (tertiary alicyclic amines) is 1. The molecule has 1 aliphatic rings. The monoisotopic (exact) mass is 196 g/mol. The maximum absolute atomic E-state index is 3.72. The Bertz CT molecular complexity index is 150. The van der Waals surface area contributed by atoms with Crippen molar-refractivity contribution in [1.29, 1.82) is 0 Å². The van der Waals surface area contributed by atoms with Crippen LogP contribution in [0, 0.1) is 0 Å². The van der Waals surface area contributed by atoms with Crippen LogP contribution in [0.3, 0.4) is 0 Å². The van der Waals surface area contributed by atoms with Gasteiger partial charge in [-0.3, -0.25) is 0 Å². The van der Waals surface area contributed by atoms with E-state index < -0.39 is 0 Å². The average Bonchev–Trinajstić information content (AvgIpc) is 2.65. The van der Waals surface area contributed by atoms with Gasteiger partial charge in [-0.25, -0.2) is 0 Å². The van der Waals surface area contributed by atoms with E-state index in [0.717, 1.165) is 13.0 Å². The largest absolute Gasteiger partial charge is 0.313 e. The minimum atomic E-state index is 0.637. The molecule has 1 fully saturated rings. The number of nitrogens with one attached hydrogen (secondary N) is 1. The van der Waals surface area contributed by atoms with E-state index in [4.69, 9.17) is 0 Å². The molecule has 1 aliphatic heterocycles. The van der Waals surface area contributed by atoms with Gasteiger partial charge in [-0.1, -0.05) is 6.08 Å². The van der Waals surface area contributed by atoms with Crippen LogP contribution in [-0.2, 0) is 0 Å². The predicted octanol–water partition coefficient (Wildman–Crippen LogP) is 2.03. The number of hydrogen-bond donors (Lipinski definition) is 1. The van der Waals surface area contributed by atoms with Crippen molar-refractivity contribution in [3.8, 4) is 0 Å². The highest BCUT2D eigenvalue weighted by molar-refractivity contribution is 4.73. The molecule has 0 bridgehead atoms. The minimum Gasteiger partial charge on any atom is -0.313 e. The van der Waals surface area contributed by atoms with Crippen molar-refractivity contribution in [1.82, 2.24) is 10.2 Å². The zero-order valence-corrected chi connectivity index (χ0v) is 9.47. The molecule has 1 atom stereocenters. The molecule has 2 heteroatoms. The van der Waals surface area contributed by atoms with Gasteiger partial charge in [0.2, 0.25) is 0 Å². The van der Waals surface area contributed by atoms with E-state index in [1.54, 1.807) is 0 Å². The molecule has 2 nitrogen and oxygen atoms in total. The summed E-state index contributed by atoms with van der Waals surface area (Å²) in [6.45, 7) is 11.0.